The largest absolute Gasteiger partial charge is 0.493 e. The van der Waals surface area contributed by atoms with Crippen molar-refractivity contribution >= 4 is 11.9 Å². The van der Waals surface area contributed by atoms with Gasteiger partial charge in [-0.3, -0.25) is 0 Å². The predicted octanol–water partition coefficient (Wildman–Crippen LogP) is 10.9. The molecule has 49 heavy (non-hydrogen) atoms. The summed E-state index contributed by atoms with van der Waals surface area (Å²) in [5, 5.41) is 0. The van der Waals surface area contributed by atoms with Crippen molar-refractivity contribution in [3.63, 3.8) is 0 Å². The molecular formula is C43H50O6. The van der Waals surface area contributed by atoms with Crippen molar-refractivity contribution in [1.82, 2.24) is 0 Å². The lowest BCUT2D eigenvalue weighted by molar-refractivity contribution is 0.0511. The molecule has 5 rings (SSSR count). The molecule has 4 aromatic rings. The van der Waals surface area contributed by atoms with Gasteiger partial charge in [0.2, 0.25) is 0 Å². The van der Waals surface area contributed by atoms with Crippen molar-refractivity contribution in [2.24, 2.45) is 0 Å². The Morgan fingerprint density at radius 3 is 1.71 bits per heavy atom. The van der Waals surface area contributed by atoms with Crippen LogP contribution >= 0.6 is 0 Å². The van der Waals surface area contributed by atoms with Gasteiger partial charge < -0.3 is 18.9 Å². The summed E-state index contributed by atoms with van der Waals surface area (Å²) in [5.74, 6) is 0.239. The molecule has 0 saturated heterocycles. The summed E-state index contributed by atoms with van der Waals surface area (Å²) >= 11 is 0. The fourth-order valence-electron chi connectivity index (χ4n) is 6.58. The number of carbonyl (C=O) groups is 2. The lowest BCUT2D eigenvalue weighted by atomic mass is 9.86. The van der Waals surface area contributed by atoms with E-state index in [4.69, 9.17) is 18.9 Å². The number of carbonyl (C=O) groups excluding carboxylic acids is 2. The second-order valence-electron chi connectivity index (χ2n) is 12.5. The molecule has 0 heterocycles. The average Bonchev–Trinajstić information content (AvgIpc) is 3.50. The van der Waals surface area contributed by atoms with Gasteiger partial charge in [0.15, 0.2) is 0 Å². The van der Waals surface area contributed by atoms with Gasteiger partial charge in [-0.25, -0.2) is 9.59 Å². The molecule has 1 aliphatic carbocycles. The Bertz CT molecular complexity index is 1740. The average molecular weight is 663 g/mol. The van der Waals surface area contributed by atoms with E-state index in [0.29, 0.717) is 35.8 Å². The maximum absolute atomic E-state index is 13.3. The van der Waals surface area contributed by atoms with Crippen LogP contribution < -0.4 is 9.47 Å². The second kappa shape index (κ2) is 17.7. The van der Waals surface area contributed by atoms with E-state index < -0.39 is 11.9 Å². The highest BCUT2D eigenvalue weighted by molar-refractivity contribution is 6.00. The monoisotopic (exact) mass is 662 g/mol. The standard InChI is InChI=1S/C43H50O6/c1-5-9-11-15-25-48-39-23-19-31(28-37(39)42(44)46-7-3)34-21-22-35-33-18-14-13-17-30(33)27-36(35)41(34)32-20-24-40(49-26-16-12-10-6-2)38(29-32)43(45)47-8-4/h13-14,17-24,28-29H,5-12,15-16,25-27H2,1-4H3. The minimum atomic E-state index is -0.409. The summed E-state index contributed by atoms with van der Waals surface area (Å²) < 4.78 is 23.3. The Hall–Kier alpha value is -4.58. The molecule has 0 radical (unpaired) electrons. The Labute approximate surface area is 291 Å². The van der Waals surface area contributed by atoms with Crippen molar-refractivity contribution in [2.75, 3.05) is 26.4 Å². The van der Waals surface area contributed by atoms with Crippen molar-refractivity contribution in [3.05, 3.63) is 95.1 Å². The third kappa shape index (κ3) is 8.54. The summed E-state index contributed by atoms with van der Waals surface area (Å²) in [6, 6.07) is 24.4. The first-order valence-corrected chi connectivity index (χ1v) is 18.1. The van der Waals surface area contributed by atoms with Crippen molar-refractivity contribution in [2.45, 2.75) is 85.5 Å². The summed E-state index contributed by atoms with van der Waals surface area (Å²) in [4.78, 5) is 26.6. The second-order valence-corrected chi connectivity index (χ2v) is 12.5. The third-order valence-electron chi connectivity index (χ3n) is 9.05. The van der Waals surface area contributed by atoms with E-state index in [-0.39, 0.29) is 13.2 Å². The summed E-state index contributed by atoms with van der Waals surface area (Å²) in [6.45, 7) is 9.60. The van der Waals surface area contributed by atoms with Gasteiger partial charge in [0.25, 0.3) is 0 Å². The maximum atomic E-state index is 13.3. The summed E-state index contributed by atoms with van der Waals surface area (Å²) in [5.41, 5.74) is 9.34. The van der Waals surface area contributed by atoms with Crippen LogP contribution in [0, 0.1) is 0 Å². The fourth-order valence-corrected chi connectivity index (χ4v) is 6.58. The zero-order valence-electron chi connectivity index (χ0n) is 29.6. The Kier molecular flexibility index (Phi) is 12.9. The number of hydrogen-bond donors (Lipinski definition) is 0. The lowest BCUT2D eigenvalue weighted by Gasteiger charge is -2.19. The van der Waals surface area contributed by atoms with E-state index in [0.717, 1.165) is 80.0 Å². The quantitative estimate of drug-likeness (QED) is 0.0687. The van der Waals surface area contributed by atoms with Gasteiger partial charge in [-0.2, -0.15) is 0 Å². The molecule has 0 saturated carbocycles. The Morgan fingerprint density at radius 1 is 0.571 bits per heavy atom. The first-order chi connectivity index (χ1) is 24.0. The van der Waals surface area contributed by atoms with Crippen LogP contribution in [-0.4, -0.2) is 38.4 Å². The highest BCUT2D eigenvalue weighted by Gasteiger charge is 2.27. The van der Waals surface area contributed by atoms with Crippen LogP contribution in [0.2, 0.25) is 0 Å². The number of hydrogen-bond acceptors (Lipinski definition) is 6. The van der Waals surface area contributed by atoms with E-state index in [1.807, 2.05) is 50.2 Å². The first kappa shape index (κ1) is 35.7. The van der Waals surface area contributed by atoms with Gasteiger partial charge in [-0.05, 0) is 102 Å². The van der Waals surface area contributed by atoms with Crippen LogP contribution in [0.3, 0.4) is 0 Å². The van der Waals surface area contributed by atoms with Crippen molar-refractivity contribution in [3.8, 4) is 44.9 Å². The zero-order chi connectivity index (χ0) is 34.6. The molecular weight excluding hydrogens is 612 g/mol. The molecule has 0 N–H and O–H groups in total. The van der Waals surface area contributed by atoms with Gasteiger partial charge in [0.1, 0.15) is 22.6 Å². The minimum absolute atomic E-state index is 0.268. The van der Waals surface area contributed by atoms with E-state index in [9.17, 15) is 9.59 Å². The number of esters is 2. The van der Waals surface area contributed by atoms with Gasteiger partial charge in [-0.1, -0.05) is 101 Å². The number of benzene rings is 4. The molecule has 0 aromatic heterocycles. The molecule has 0 fully saturated rings. The normalized spacial score (nSPS) is 11.5. The number of ether oxygens (including phenoxy) is 4. The van der Waals surface area contributed by atoms with E-state index >= 15 is 0 Å². The highest BCUT2D eigenvalue weighted by atomic mass is 16.5. The van der Waals surface area contributed by atoms with Crippen LogP contribution in [0.1, 0.15) is 111 Å². The molecule has 0 spiro atoms. The number of fused-ring (bicyclic) bond motifs is 3. The van der Waals surface area contributed by atoms with E-state index in [1.165, 1.54) is 22.3 Å². The summed E-state index contributed by atoms with van der Waals surface area (Å²) in [7, 11) is 0. The van der Waals surface area contributed by atoms with Crippen molar-refractivity contribution < 1.29 is 28.5 Å². The molecule has 0 bridgehead atoms. The fraction of sp³-hybridized carbons (Fsp3) is 0.395. The summed E-state index contributed by atoms with van der Waals surface area (Å²) in [6.07, 6.45) is 9.37. The molecule has 1 aliphatic rings. The molecule has 6 nitrogen and oxygen atoms in total. The van der Waals surface area contributed by atoms with Gasteiger partial charge in [0.05, 0.1) is 26.4 Å². The topological polar surface area (TPSA) is 71.1 Å². The first-order valence-electron chi connectivity index (χ1n) is 18.1. The lowest BCUT2D eigenvalue weighted by Crippen LogP contribution is -2.09. The molecule has 0 atom stereocenters. The van der Waals surface area contributed by atoms with Gasteiger partial charge >= 0.3 is 11.9 Å². The molecule has 258 valence electrons. The molecule has 0 aliphatic heterocycles. The SMILES string of the molecule is CCCCCCOc1ccc(-c2ccc3c(c2-c2ccc(OCCCCCC)c(C(=O)OCC)c2)Cc2ccccc2-3)cc1C(=O)OCC. The molecule has 6 heteroatoms. The highest BCUT2D eigenvalue weighted by Crippen LogP contribution is 2.47. The zero-order valence-corrected chi connectivity index (χ0v) is 29.6. The van der Waals surface area contributed by atoms with Gasteiger partial charge in [-0.15, -0.1) is 0 Å². The van der Waals surface area contributed by atoms with Crippen LogP contribution in [-0.2, 0) is 15.9 Å². The van der Waals surface area contributed by atoms with E-state index in [1.54, 1.807) is 0 Å². The van der Waals surface area contributed by atoms with Gasteiger partial charge in [0, 0.05) is 0 Å². The third-order valence-corrected chi connectivity index (χ3v) is 9.05. The van der Waals surface area contributed by atoms with Crippen molar-refractivity contribution in [1.29, 1.82) is 0 Å². The molecule has 0 amide bonds. The van der Waals surface area contributed by atoms with Crippen LogP contribution in [0.4, 0.5) is 0 Å². The van der Waals surface area contributed by atoms with Crippen LogP contribution in [0.5, 0.6) is 11.5 Å². The molecule has 0 unspecified atom stereocenters. The van der Waals surface area contributed by atoms with E-state index in [2.05, 4.69) is 50.2 Å². The smallest absolute Gasteiger partial charge is 0.341 e. The Morgan fingerprint density at radius 2 is 1.12 bits per heavy atom. The predicted molar refractivity (Wildman–Crippen MR) is 197 cm³/mol. The van der Waals surface area contributed by atoms with Crippen LogP contribution in [0.15, 0.2) is 72.8 Å². The number of unbranched alkanes of at least 4 members (excludes halogenated alkanes) is 6. The van der Waals surface area contributed by atoms with Crippen LogP contribution in [0.25, 0.3) is 33.4 Å². The minimum Gasteiger partial charge on any atom is -0.493 e. The molecule has 4 aromatic carbocycles. The Balaban J connectivity index is 1.61. The maximum Gasteiger partial charge on any atom is 0.341 e. The number of rotatable bonds is 18.